The lowest BCUT2D eigenvalue weighted by Gasteiger charge is -2.13. The van der Waals surface area contributed by atoms with Crippen molar-refractivity contribution in [3.63, 3.8) is 0 Å². The number of hydrogen-bond acceptors (Lipinski definition) is 4. The lowest BCUT2D eigenvalue weighted by Crippen LogP contribution is -2.35. The molecule has 0 aliphatic heterocycles. The smallest absolute Gasteiger partial charge is 0.335 e. The molecule has 1 atom stereocenters. The van der Waals surface area contributed by atoms with Crippen molar-refractivity contribution in [3.05, 3.63) is 28.2 Å². The normalized spacial score (nSPS) is 16.9. The van der Waals surface area contributed by atoms with E-state index in [4.69, 9.17) is 33.1 Å². The Hall–Kier alpha value is -0.860. The predicted octanol–water partition coefficient (Wildman–Crippen LogP) is 2.07. The number of halogens is 2. The van der Waals surface area contributed by atoms with Crippen LogP contribution in [0.3, 0.4) is 0 Å². The van der Waals surface area contributed by atoms with Crippen LogP contribution in [-0.2, 0) is 19.7 Å². The van der Waals surface area contributed by atoms with E-state index < -0.39 is 22.1 Å². The van der Waals surface area contributed by atoms with E-state index in [9.17, 15) is 13.2 Å². The van der Waals surface area contributed by atoms with Gasteiger partial charge in [0.2, 0.25) is 0 Å². The van der Waals surface area contributed by atoms with Crippen LogP contribution in [0.15, 0.2) is 23.1 Å². The molecule has 20 heavy (non-hydrogen) atoms. The van der Waals surface area contributed by atoms with Gasteiger partial charge in [0.1, 0.15) is 4.90 Å². The highest BCUT2D eigenvalue weighted by atomic mass is 35.5. The van der Waals surface area contributed by atoms with Crippen LogP contribution in [0, 0.1) is 5.92 Å². The molecular weight excluding hydrogens is 329 g/mol. The molecule has 0 heterocycles. The average Bonchev–Trinajstić information content (AvgIpc) is 3.12. The van der Waals surface area contributed by atoms with Crippen LogP contribution in [0.2, 0.25) is 10.0 Å². The molecule has 1 aromatic carbocycles. The molecule has 2 N–H and O–H groups in total. The Labute approximate surface area is 125 Å². The Bertz CT molecular complexity index is 630. The topological polar surface area (TPSA) is 92.7 Å². The van der Waals surface area contributed by atoms with Crippen molar-refractivity contribution < 1.29 is 23.2 Å². The minimum Gasteiger partial charge on any atom is -0.479 e. The lowest BCUT2D eigenvalue weighted by molar-refractivity contribution is -0.154. The van der Waals surface area contributed by atoms with Crippen LogP contribution in [0.4, 0.5) is 0 Å². The molecule has 110 valence electrons. The van der Waals surface area contributed by atoms with Gasteiger partial charge in [-0.15, -0.1) is 0 Å². The first-order valence-corrected chi connectivity index (χ1v) is 7.90. The average molecular weight is 340 g/mol. The number of hydrogen-bond donors (Lipinski definition) is 2. The fourth-order valence-electron chi connectivity index (χ4n) is 1.60. The van der Waals surface area contributed by atoms with E-state index in [1.54, 1.807) is 4.89 Å². The second-order valence-electron chi connectivity index (χ2n) is 4.38. The van der Waals surface area contributed by atoms with Gasteiger partial charge in [0, 0.05) is 5.02 Å². The maximum Gasteiger partial charge on any atom is 0.335 e. The molecule has 1 unspecified atom stereocenters. The molecule has 0 saturated heterocycles. The number of aliphatic carboxylic acids is 1. The lowest BCUT2D eigenvalue weighted by atomic mass is 10.2. The van der Waals surface area contributed by atoms with Crippen molar-refractivity contribution in [2.75, 3.05) is 0 Å². The monoisotopic (exact) mass is 339 g/mol. The van der Waals surface area contributed by atoms with Gasteiger partial charge < -0.3 is 5.11 Å². The number of carboxylic acid groups (broad SMARTS) is 1. The molecule has 0 bridgehead atoms. The van der Waals surface area contributed by atoms with Crippen LogP contribution in [0.1, 0.15) is 12.8 Å². The first-order chi connectivity index (χ1) is 9.31. The Kier molecular flexibility index (Phi) is 4.55. The Morgan fingerprint density at radius 1 is 1.40 bits per heavy atom. The zero-order valence-corrected chi connectivity index (χ0v) is 12.4. The van der Waals surface area contributed by atoms with Gasteiger partial charge in [-0.3, -0.25) is 4.84 Å². The second kappa shape index (κ2) is 5.87. The van der Waals surface area contributed by atoms with Crippen LogP contribution in [0.5, 0.6) is 0 Å². The highest BCUT2D eigenvalue weighted by molar-refractivity contribution is 7.89. The molecular formula is C11H11Cl2NO5S. The van der Waals surface area contributed by atoms with E-state index in [1.165, 1.54) is 18.2 Å². The van der Waals surface area contributed by atoms with E-state index in [2.05, 4.69) is 0 Å². The largest absolute Gasteiger partial charge is 0.479 e. The summed E-state index contributed by atoms with van der Waals surface area (Å²) < 4.78 is 24.0. The SMILES string of the molecule is O=C(O)C(ONS(=O)(=O)c1ccc(Cl)cc1Cl)C1CC1. The Morgan fingerprint density at radius 3 is 2.55 bits per heavy atom. The number of sulfonamides is 1. The van der Waals surface area contributed by atoms with Crippen LogP contribution >= 0.6 is 23.2 Å². The van der Waals surface area contributed by atoms with Crippen molar-refractivity contribution in [1.29, 1.82) is 0 Å². The predicted molar refractivity (Wildman–Crippen MR) is 72.0 cm³/mol. The number of benzene rings is 1. The summed E-state index contributed by atoms with van der Waals surface area (Å²) in [7, 11) is -4.07. The van der Waals surface area contributed by atoms with Gasteiger partial charge in [0.05, 0.1) is 5.02 Å². The van der Waals surface area contributed by atoms with Crippen LogP contribution in [0.25, 0.3) is 0 Å². The fraction of sp³-hybridized carbons (Fsp3) is 0.364. The van der Waals surface area contributed by atoms with E-state index in [1.807, 2.05) is 0 Å². The minimum atomic E-state index is -4.07. The van der Waals surface area contributed by atoms with Crippen molar-refractivity contribution in [2.24, 2.45) is 5.92 Å². The molecule has 9 heteroatoms. The summed E-state index contributed by atoms with van der Waals surface area (Å²) in [6, 6.07) is 3.84. The molecule has 0 aromatic heterocycles. The zero-order valence-electron chi connectivity index (χ0n) is 10.0. The third-order valence-electron chi connectivity index (χ3n) is 2.76. The van der Waals surface area contributed by atoms with Gasteiger partial charge in [-0.2, -0.15) is 0 Å². The molecule has 2 rings (SSSR count). The summed E-state index contributed by atoms with van der Waals surface area (Å²) in [4.78, 5) is 17.3. The second-order valence-corrected chi connectivity index (χ2v) is 6.83. The molecule has 1 aliphatic carbocycles. The van der Waals surface area contributed by atoms with Gasteiger partial charge in [-0.1, -0.05) is 28.1 Å². The van der Waals surface area contributed by atoms with Gasteiger partial charge >= 0.3 is 5.97 Å². The number of carbonyl (C=O) groups is 1. The molecule has 6 nitrogen and oxygen atoms in total. The highest BCUT2D eigenvalue weighted by Gasteiger charge is 2.38. The molecule has 1 aliphatic rings. The van der Waals surface area contributed by atoms with Crippen LogP contribution in [-0.4, -0.2) is 25.6 Å². The third-order valence-corrected chi connectivity index (χ3v) is 4.67. The van der Waals surface area contributed by atoms with Gasteiger partial charge in [0.25, 0.3) is 10.0 Å². The molecule has 1 saturated carbocycles. The quantitative estimate of drug-likeness (QED) is 0.774. The Morgan fingerprint density at radius 2 is 2.05 bits per heavy atom. The highest BCUT2D eigenvalue weighted by Crippen LogP contribution is 2.34. The van der Waals surface area contributed by atoms with E-state index >= 15 is 0 Å². The molecule has 1 fully saturated rings. The van der Waals surface area contributed by atoms with Crippen molar-refractivity contribution in [1.82, 2.24) is 4.89 Å². The zero-order chi connectivity index (χ0) is 14.9. The van der Waals surface area contributed by atoms with E-state index in [-0.39, 0.29) is 20.9 Å². The number of rotatable bonds is 6. The first kappa shape index (κ1) is 15.5. The number of carboxylic acids is 1. The van der Waals surface area contributed by atoms with Crippen molar-refractivity contribution in [3.8, 4) is 0 Å². The Balaban J connectivity index is 2.12. The summed E-state index contributed by atoms with van der Waals surface area (Å²) in [5.41, 5.74) is 0. The molecule has 0 amide bonds. The van der Waals surface area contributed by atoms with Crippen LogP contribution < -0.4 is 4.89 Å². The maximum absolute atomic E-state index is 12.0. The summed E-state index contributed by atoms with van der Waals surface area (Å²) in [6.07, 6.45) is 0.191. The van der Waals surface area contributed by atoms with Gasteiger partial charge in [-0.05, 0) is 37.0 Å². The summed E-state index contributed by atoms with van der Waals surface area (Å²) in [5, 5.41) is 9.15. The summed E-state index contributed by atoms with van der Waals surface area (Å²) in [5.74, 6) is -1.38. The summed E-state index contributed by atoms with van der Waals surface area (Å²) >= 11 is 11.5. The van der Waals surface area contributed by atoms with Crippen molar-refractivity contribution >= 4 is 39.2 Å². The van der Waals surface area contributed by atoms with Gasteiger partial charge in [0.15, 0.2) is 6.10 Å². The minimum absolute atomic E-state index is 0.0769. The van der Waals surface area contributed by atoms with Crippen molar-refractivity contribution in [2.45, 2.75) is 23.8 Å². The molecule has 0 radical (unpaired) electrons. The summed E-state index contributed by atoms with van der Waals surface area (Å²) in [6.45, 7) is 0. The first-order valence-electron chi connectivity index (χ1n) is 5.66. The molecule has 1 aromatic rings. The number of nitrogens with one attached hydrogen (secondary N) is 1. The van der Waals surface area contributed by atoms with Gasteiger partial charge in [-0.25, -0.2) is 13.2 Å². The third kappa shape index (κ3) is 3.62. The maximum atomic E-state index is 12.0. The van der Waals surface area contributed by atoms with E-state index in [0.717, 1.165) is 0 Å². The molecule has 0 spiro atoms. The standard InChI is InChI=1S/C11H11Cl2NO5S/c12-7-3-4-9(8(13)5-7)20(17,18)14-19-10(11(15)16)6-1-2-6/h3-6,10,14H,1-2H2,(H,15,16). The van der Waals surface area contributed by atoms with E-state index in [0.29, 0.717) is 12.8 Å². The fourth-order valence-corrected chi connectivity index (χ4v) is 3.20.